The van der Waals surface area contributed by atoms with Gasteiger partial charge in [0, 0.05) is 18.8 Å². The summed E-state index contributed by atoms with van der Waals surface area (Å²) in [4.78, 5) is 24.9. The molecule has 1 aliphatic carbocycles. The number of carbonyl (C=O) groups is 1. The Bertz CT molecular complexity index is 921. The molecule has 0 radical (unpaired) electrons. The Kier molecular flexibility index (Phi) is 6.14. The van der Waals surface area contributed by atoms with Crippen LogP contribution >= 0.6 is 0 Å². The number of amides is 1. The number of anilines is 2. The van der Waals surface area contributed by atoms with Crippen molar-refractivity contribution in [3.8, 4) is 0 Å². The Morgan fingerprint density at radius 2 is 2.03 bits per heavy atom. The van der Waals surface area contributed by atoms with Gasteiger partial charge in [-0.3, -0.25) is 19.6 Å². The van der Waals surface area contributed by atoms with E-state index in [-0.39, 0.29) is 17.9 Å². The minimum Gasteiger partial charge on any atom is -0.369 e. The van der Waals surface area contributed by atoms with E-state index in [1.807, 2.05) is 11.9 Å². The summed E-state index contributed by atoms with van der Waals surface area (Å²) in [5.41, 5.74) is 1.31. The molecule has 2 aromatic rings. The summed E-state index contributed by atoms with van der Waals surface area (Å²) in [6, 6.07) is 4.98. The van der Waals surface area contributed by atoms with Gasteiger partial charge in [-0.05, 0) is 44.9 Å². The van der Waals surface area contributed by atoms with Crippen molar-refractivity contribution >= 4 is 23.0 Å². The number of halogens is 1. The van der Waals surface area contributed by atoms with E-state index in [0.29, 0.717) is 23.1 Å². The van der Waals surface area contributed by atoms with Crippen LogP contribution in [0.15, 0.2) is 18.2 Å². The molecule has 1 saturated carbocycles. The van der Waals surface area contributed by atoms with Gasteiger partial charge in [-0.25, -0.2) is 4.39 Å². The summed E-state index contributed by atoms with van der Waals surface area (Å²) in [6.07, 6.45) is 5.67. The summed E-state index contributed by atoms with van der Waals surface area (Å²) in [7, 11) is 1.91. The van der Waals surface area contributed by atoms with Gasteiger partial charge in [0.2, 0.25) is 5.91 Å². The maximum atomic E-state index is 14.7. The zero-order valence-corrected chi connectivity index (χ0v) is 16.9. The van der Waals surface area contributed by atoms with Crippen molar-refractivity contribution in [1.82, 2.24) is 9.78 Å². The predicted molar refractivity (Wildman–Crippen MR) is 109 cm³/mol. The number of hydrogen-bond donors (Lipinski definition) is 1. The molecule has 0 saturated heterocycles. The molecular formula is C20H26FN5O3. The number of rotatable bonds is 6. The molecule has 1 N–H and O–H groups in total. The third-order valence-corrected chi connectivity index (χ3v) is 5.55. The van der Waals surface area contributed by atoms with Crippen molar-refractivity contribution < 1.29 is 14.1 Å². The molecule has 1 aliphatic rings. The Morgan fingerprint density at radius 3 is 2.62 bits per heavy atom. The Hall–Kier alpha value is -2.97. The average molecular weight is 403 g/mol. The number of aryl methyl sites for hydroxylation is 1. The number of nitrogens with one attached hydrogen (secondary N) is 1. The van der Waals surface area contributed by atoms with Crippen LogP contribution in [0.4, 0.5) is 21.5 Å². The molecule has 1 aromatic carbocycles. The third kappa shape index (κ3) is 4.55. The highest BCUT2D eigenvalue weighted by Gasteiger charge is 2.23. The Balaban J connectivity index is 1.67. The molecule has 29 heavy (non-hydrogen) atoms. The molecule has 156 valence electrons. The van der Waals surface area contributed by atoms with Crippen LogP contribution in [0.2, 0.25) is 0 Å². The van der Waals surface area contributed by atoms with Crippen molar-refractivity contribution in [1.29, 1.82) is 0 Å². The van der Waals surface area contributed by atoms with Crippen LogP contribution in [0.1, 0.15) is 43.5 Å². The fraction of sp³-hybridized carbons (Fsp3) is 0.500. The zero-order valence-electron chi connectivity index (χ0n) is 16.9. The first kappa shape index (κ1) is 20.8. The molecule has 1 aromatic heterocycles. The minimum absolute atomic E-state index is 0.0982. The first-order valence-corrected chi connectivity index (χ1v) is 9.78. The van der Waals surface area contributed by atoms with Gasteiger partial charge in [-0.1, -0.05) is 19.3 Å². The largest absolute Gasteiger partial charge is 0.369 e. The summed E-state index contributed by atoms with van der Waals surface area (Å²) >= 11 is 0. The van der Waals surface area contributed by atoms with E-state index < -0.39 is 16.6 Å². The smallest absolute Gasteiger partial charge is 0.312 e. The number of hydrogen-bond acceptors (Lipinski definition) is 5. The van der Waals surface area contributed by atoms with Gasteiger partial charge in [0.05, 0.1) is 10.6 Å². The fourth-order valence-corrected chi connectivity index (χ4v) is 3.98. The molecule has 1 amide bonds. The molecule has 8 nitrogen and oxygen atoms in total. The summed E-state index contributed by atoms with van der Waals surface area (Å²) in [5.74, 6) is -0.823. The Morgan fingerprint density at radius 1 is 1.34 bits per heavy atom. The van der Waals surface area contributed by atoms with E-state index in [4.69, 9.17) is 0 Å². The Labute approximate surface area is 168 Å². The lowest BCUT2D eigenvalue weighted by molar-refractivity contribution is -0.386. The topological polar surface area (TPSA) is 93.3 Å². The lowest BCUT2D eigenvalue weighted by Crippen LogP contribution is -2.33. The van der Waals surface area contributed by atoms with E-state index in [9.17, 15) is 19.3 Å². The molecule has 9 heteroatoms. The van der Waals surface area contributed by atoms with E-state index >= 15 is 0 Å². The van der Waals surface area contributed by atoms with Gasteiger partial charge < -0.3 is 10.2 Å². The maximum absolute atomic E-state index is 14.7. The lowest BCUT2D eigenvalue weighted by atomic mass is 9.94. The number of benzene rings is 1. The van der Waals surface area contributed by atoms with Crippen molar-refractivity contribution in [3.05, 3.63) is 45.5 Å². The summed E-state index contributed by atoms with van der Waals surface area (Å²) < 4.78 is 15.9. The highest BCUT2D eigenvalue weighted by molar-refractivity contribution is 5.90. The van der Waals surface area contributed by atoms with Gasteiger partial charge in [-0.2, -0.15) is 5.10 Å². The van der Waals surface area contributed by atoms with Crippen LogP contribution in [0.3, 0.4) is 0 Å². The SMILES string of the molecule is Cc1nn(CC(=O)Nc2ccc(N(C)C3CCCCC3)c(F)c2)c(C)c1[N+](=O)[O-]. The second kappa shape index (κ2) is 8.59. The standard InChI is InChI=1S/C20H26FN5O3/c1-13-20(26(28)29)14(2)25(23-13)12-19(27)22-15-9-10-18(17(21)11-15)24(3)16-7-5-4-6-8-16/h9-11,16H,4-8,12H2,1-3H3,(H,22,27). The van der Waals surface area contributed by atoms with E-state index in [1.165, 1.54) is 24.1 Å². The highest BCUT2D eigenvalue weighted by atomic mass is 19.1. The maximum Gasteiger partial charge on any atom is 0.312 e. The predicted octanol–water partition coefficient (Wildman–Crippen LogP) is 3.95. The van der Waals surface area contributed by atoms with Gasteiger partial charge in [0.15, 0.2) is 0 Å². The highest BCUT2D eigenvalue weighted by Crippen LogP contribution is 2.29. The van der Waals surface area contributed by atoms with Crippen LogP contribution in [0, 0.1) is 29.8 Å². The van der Waals surface area contributed by atoms with Crippen LogP contribution in [0.5, 0.6) is 0 Å². The molecule has 0 bridgehead atoms. The second-order valence-electron chi connectivity index (χ2n) is 7.55. The summed E-state index contributed by atoms with van der Waals surface area (Å²) in [6.45, 7) is 2.88. The van der Waals surface area contributed by atoms with Crippen LogP contribution in [-0.2, 0) is 11.3 Å². The first-order chi connectivity index (χ1) is 13.8. The quantitative estimate of drug-likeness (QED) is 0.582. The molecule has 1 heterocycles. The number of nitro groups is 1. The van der Waals surface area contributed by atoms with Crippen molar-refractivity contribution in [2.75, 3.05) is 17.3 Å². The van der Waals surface area contributed by atoms with Crippen LogP contribution < -0.4 is 10.2 Å². The minimum atomic E-state index is -0.511. The van der Waals surface area contributed by atoms with Crippen molar-refractivity contribution in [3.63, 3.8) is 0 Å². The van der Waals surface area contributed by atoms with E-state index in [2.05, 4.69) is 10.4 Å². The van der Waals surface area contributed by atoms with Crippen molar-refractivity contribution in [2.45, 2.75) is 58.5 Å². The zero-order chi connectivity index (χ0) is 21.1. The van der Waals surface area contributed by atoms with Crippen LogP contribution in [0.25, 0.3) is 0 Å². The molecular weight excluding hydrogens is 377 g/mol. The van der Waals surface area contributed by atoms with Gasteiger partial charge in [0.25, 0.3) is 0 Å². The number of carbonyl (C=O) groups excluding carboxylic acids is 1. The molecule has 3 rings (SSSR count). The van der Waals surface area contributed by atoms with E-state index in [1.54, 1.807) is 19.1 Å². The molecule has 1 fully saturated rings. The van der Waals surface area contributed by atoms with E-state index in [0.717, 1.165) is 25.7 Å². The number of nitrogens with zero attached hydrogens (tertiary/aromatic N) is 4. The van der Waals surface area contributed by atoms with Gasteiger partial charge >= 0.3 is 5.69 Å². The fourth-order valence-electron chi connectivity index (χ4n) is 3.98. The molecule has 0 aliphatic heterocycles. The lowest BCUT2D eigenvalue weighted by Gasteiger charge is -2.33. The molecule has 0 atom stereocenters. The molecule has 0 spiro atoms. The van der Waals surface area contributed by atoms with Gasteiger partial charge in [-0.15, -0.1) is 0 Å². The molecule has 0 unspecified atom stereocenters. The normalized spacial score (nSPS) is 14.6. The average Bonchev–Trinajstić information content (AvgIpc) is 2.95. The second-order valence-corrected chi connectivity index (χ2v) is 7.55. The summed E-state index contributed by atoms with van der Waals surface area (Å²) in [5, 5.41) is 17.8. The van der Waals surface area contributed by atoms with Crippen molar-refractivity contribution in [2.24, 2.45) is 0 Å². The van der Waals surface area contributed by atoms with Gasteiger partial charge in [0.1, 0.15) is 23.7 Å². The monoisotopic (exact) mass is 403 g/mol. The first-order valence-electron chi connectivity index (χ1n) is 9.78. The third-order valence-electron chi connectivity index (χ3n) is 5.55. The number of aromatic nitrogens is 2. The van der Waals surface area contributed by atoms with Crippen LogP contribution in [-0.4, -0.2) is 33.7 Å².